The van der Waals surface area contributed by atoms with E-state index in [1.807, 2.05) is 0 Å². The Morgan fingerprint density at radius 3 is 2.44 bits per heavy atom. The molecule has 2 atom stereocenters. The number of nitrogens with one attached hydrogen (secondary N) is 3. The van der Waals surface area contributed by atoms with E-state index in [9.17, 15) is 22.8 Å². The van der Waals surface area contributed by atoms with Crippen LogP contribution in [0.15, 0.2) is 35.2 Å². The Bertz CT molecular complexity index is 792. The maximum atomic E-state index is 12.7. The van der Waals surface area contributed by atoms with E-state index < -0.39 is 39.7 Å². The van der Waals surface area contributed by atoms with Gasteiger partial charge in [0.2, 0.25) is 21.7 Å². The molecule has 1 saturated heterocycles. The van der Waals surface area contributed by atoms with Gasteiger partial charge in [-0.15, -0.1) is 0 Å². The van der Waals surface area contributed by atoms with E-state index in [-0.39, 0.29) is 10.8 Å². The van der Waals surface area contributed by atoms with Crippen molar-refractivity contribution in [2.24, 2.45) is 5.92 Å². The molecule has 1 aromatic carbocycles. The quantitative estimate of drug-likeness (QED) is 0.600. The highest BCUT2D eigenvalue weighted by Crippen LogP contribution is 2.13. The SMILES string of the molecule is CC(C)C(NS(=O)(=O)c1ccccc1)C(=O)NC1CCCCNC(=O)C1=O. The van der Waals surface area contributed by atoms with Crippen molar-refractivity contribution in [3.8, 4) is 0 Å². The zero-order chi connectivity index (χ0) is 20.0. The Hall–Kier alpha value is -2.26. The summed E-state index contributed by atoms with van der Waals surface area (Å²) < 4.78 is 27.5. The molecule has 1 heterocycles. The van der Waals surface area contributed by atoms with Crippen molar-refractivity contribution >= 4 is 27.6 Å². The largest absolute Gasteiger partial charge is 0.349 e. The average molecular weight is 395 g/mol. The minimum atomic E-state index is -3.90. The summed E-state index contributed by atoms with van der Waals surface area (Å²) in [5, 5.41) is 5.04. The molecule has 0 saturated carbocycles. The molecule has 148 valence electrons. The van der Waals surface area contributed by atoms with Crippen LogP contribution in [0.4, 0.5) is 0 Å². The van der Waals surface area contributed by atoms with Crippen molar-refractivity contribution in [1.29, 1.82) is 0 Å². The molecule has 0 bridgehead atoms. The summed E-state index contributed by atoms with van der Waals surface area (Å²) >= 11 is 0. The molecule has 8 nitrogen and oxygen atoms in total. The molecule has 3 N–H and O–H groups in total. The molecule has 1 aliphatic heterocycles. The van der Waals surface area contributed by atoms with Crippen molar-refractivity contribution in [1.82, 2.24) is 15.4 Å². The van der Waals surface area contributed by atoms with E-state index >= 15 is 0 Å². The van der Waals surface area contributed by atoms with Crippen LogP contribution in [-0.4, -0.2) is 44.6 Å². The Morgan fingerprint density at radius 2 is 1.81 bits per heavy atom. The fourth-order valence-electron chi connectivity index (χ4n) is 2.78. The molecule has 0 aliphatic carbocycles. The highest BCUT2D eigenvalue weighted by atomic mass is 32.2. The second kappa shape index (κ2) is 9.09. The van der Waals surface area contributed by atoms with Crippen LogP contribution < -0.4 is 15.4 Å². The number of rotatable bonds is 6. The monoisotopic (exact) mass is 395 g/mol. The molecule has 0 aromatic heterocycles. The van der Waals surface area contributed by atoms with Crippen LogP contribution >= 0.6 is 0 Å². The van der Waals surface area contributed by atoms with Gasteiger partial charge in [-0.2, -0.15) is 4.72 Å². The van der Waals surface area contributed by atoms with Crippen molar-refractivity contribution in [3.63, 3.8) is 0 Å². The van der Waals surface area contributed by atoms with Gasteiger partial charge in [0.15, 0.2) is 0 Å². The molecule has 2 rings (SSSR count). The molecule has 9 heteroatoms. The number of amides is 2. The first kappa shape index (κ1) is 21.0. The van der Waals surface area contributed by atoms with Gasteiger partial charge in [-0.3, -0.25) is 14.4 Å². The van der Waals surface area contributed by atoms with Crippen molar-refractivity contribution in [2.75, 3.05) is 6.54 Å². The molecule has 2 amide bonds. The summed E-state index contributed by atoms with van der Waals surface area (Å²) in [5.41, 5.74) is 0. The zero-order valence-corrected chi connectivity index (χ0v) is 16.2. The number of hydrogen-bond donors (Lipinski definition) is 3. The second-order valence-electron chi connectivity index (χ2n) is 6.83. The lowest BCUT2D eigenvalue weighted by molar-refractivity contribution is -0.140. The van der Waals surface area contributed by atoms with Gasteiger partial charge < -0.3 is 10.6 Å². The molecule has 0 spiro atoms. The number of sulfonamides is 1. The highest BCUT2D eigenvalue weighted by molar-refractivity contribution is 7.89. The zero-order valence-electron chi connectivity index (χ0n) is 15.4. The molecule has 1 aliphatic rings. The van der Waals surface area contributed by atoms with E-state index in [2.05, 4.69) is 15.4 Å². The molecule has 1 fully saturated rings. The number of carbonyl (C=O) groups excluding carboxylic acids is 3. The maximum absolute atomic E-state index is 12.7. The summed E-state index contributed by atoms with van der Waals surface area (Å²) in [6, 6.07) is 5.70. The van der Waals surface area contributed by atoms with E-state index in [0.29, 0.717) is 25.8 Å². The molecular weight excluding hydrogens is 370 g/mol. The number of Topliss-reactive ketones (excluding diaryl/α,β-unsaturated/α-hetero) is 1. The number of carbonyl (C=O) groups is 3. The minimum absolute atomic E-state index is 0.0462. The molecule has 27 heavy (non-hydrogen) atoms. The van der Waals surface area contributed by atoms with Gasteiger partial charge in [-0.05, 0) is 37.3 Å². The van der Waals surface area contributed by atoms with Crippen LogP contribution in [0, 0.1) is 5.92 Å². The van der Waals surface area contributed by atoms with Gasteiger partial charge in [0, 0.05) is 6.54 Å². The third kappa shape index (κ3) is 5.61. The van der Waals surface area contributed by atoms with Crippen LogP contribution in [-0.2, 0) is 24.4 Å². The number of benzene rings is 1. The first-order chi connectivity index (χ1) is 12.7. The number of hydrogen-bond acceptors (Lipinski definition) is 5. The standard InChI is InChI=1S/C18H25N3O5S/c1-12(2)15(21-27(25,26)13-8-4-3-5-9-13)17(23)20-14-10-6-7-11-19-18(24)16(14)22/h3-5,8-9,12,14-15,21H,6-7,10-11H2,1-2H3,(H,19,24)(H,20,23). The van der Waals surface area contributed by atoms with Crippen molar-refractivity contribution in [2.45, 2.75) is 50.1 Å². The minimum Gasteiger partial charge on any atom is -0.349 e. The summed E-state index contributed by atoms with van der Waals surface area (Å²) in [7, 11) is -3.90. The average Bonchev–Trinajstić information content (AvgIpc) is 2.63. The third-order valence-corrected chi connectivity index (χ3v) is 5.80. The van der Waals surface area contributed by atoms with Gasteiger partial charge in [0.25, 0.3) is 5.91 Å². The summed E-state index contributed by atoms with van der Waals surface area (Å²) in [6.07, 6.45) is 1.72. The molecule has 0 radical (unpaired) electrons. The van der Waals surface area contributed by atoms with Gasteiger partial charge >= 0.3 is 0 Å². The van der Waals surface area contributed by atoms with Crippen LogP contribution in [0.2, 0.25) is 0 Å². The van der Waals surface area contributed by atoms with E-state index in [1.165, 1.54) is 12.1 Å². The third-order valence-electron chi connectivity index (χ3n) is 4.35. The maximum Gasteiger partial charge on any atom is 0.289 e. The van der Waals surface area contributed by atoms with Gasteiger partial charge in [0.05, 0.1) is 10.9 Å². The smallest absolute Gasteiger partial charge is 0.289 e. The normalized spacial score (nSPS) is 19.7. The van der Waals surface area contributed by atoms with E-state index in [1.54, 1.807) is 32.0 Å². The predicted molar refractivity (Wildman–Crippen MR) is 99.2 cm³/mol. The summed E-state index contributed by atoms with van der Waals surface area (Å²) in [6.45, 7) is 3.82. The van der Waals surface area contributed by atoms with Crippen molar-refractivity contribution < 1.29 is 22.8 Å². The lowest BCUT2D eigenvalue weighted by Gasteiger charge is -2.25. The van der Waals surface area contributed by atoms with Crippen LogP contribution in [0.5, 0.6) is 0 Å². The lowest BCUT2D eigenvalue weighted by atomic mass is 10.00. The first-order valence-corrected chi connectivity index (χ1v) is 10.4. The van der Waals surface area contributed by atoms with Crippen LogP contribution in [0.1, 0.15) is 33.1 Å². The fourth-order valence-corrected chi connectivity index (χ4v) is 4.14. The Morgan fingerprint density at radius 1 is 1.15 bits per heavy atom. The highest BCUT2D eigenvalue weighted by Gasteiger charge is 2.33. The molecule has 1 aromatic rings. The Balaban J connectivity index is 2.14. The van der Waals surface area contributed by atoms with Gasteiger partial charge in [0.1, 0.15) is 6.04 Å². The summed E-state index contributed by atoms with van der Waals surface area (Å²) in [5.74, 6) is -2.43. The van der Waals surface area contributed by atoms with E-state index in [0.717, 1.165) is 0 Å². The Kier molecular flexibility index (Phi) is 7.09. The number of ketones is 1. The fraction of sp³-hybridized carbons (Fsp3) is 0.500. The summed E-state index contributed by atoms with van der Waals surface area (Å²) in [4.78, 5) is 36.7. The lowest BCUT2D eigenvalue weighted by Crippen LogP contribution is -2.55. The Labute approximate surface area is 159 Å². The molecule has 2 unspecified atom stereocenters. The van der Waals surface area contributed by atoms with Crippen LogP contribution in [0.25, 0.3) is 0 Å². The van der Waals surface area contributed by atoms with Crippen LogP contribution in [0.3, 0.4) is 0 Å². The molecular formula is C18H25N3O5S. The topological polar surface area (TPSA) is 121 Å². The van der Waals surface area contributed by atoms with Gasteiger partial charge in [-0.25, -0.2) is 8.42 Å². The predicted octanol–water partition coefficient (Wildman–Crippen LogP) is 0.344. The van der Waals surface area contributed by atoms with E-state index in [4.69, 9.17) is 0 Å². The van der Waals surface area contributed by atoms with Crippen molar-refractivity contribution in [3.05, 3.63) is 30.3 Å². The first-order valence-electron chi connectivity index (χ1n) is 8.92. The second-order valence-corrected chi connectivity index (χ2v) is 8.55. The van der Waals surface area contributed by atoms with Gasteiger partial charge in [-0.1, -0.05) is 32.0 Å².